The highest BCUT2D eigenvalue weighted by Gasteiger charge is 2.35. The molecule has 84 heavy (non-hydrogen) atoms. The predicted octanol–water partition coefficient (Wildman–Crippen LogP) is 1.54. The topological polar surface area (TPSA) is 314 Å². The first-order valence-electron chi connectivity index (χ1n) is 28.8. The summed E-state index contributed by atoms with van der Waals surface area (Å²) in [6.45, 7) is 1.77. The molecular formula is C58H85ClN12O12S. The summed E-state index contributed by atoms with van der Waals surface area (Å²) in [5.41, 5.74) is 18.0. The van der Waals surface area contributed by atoms with Crippen molar-refractivity contribution in [3.05, 3.63) is 95.8 Å². The molecule has 3 heterocycles. The smallest absolute Gasteiger partial charge is 0.243 e. The lowest BCUT2D eigenvalue weighted by Crippen LogP contribution is -2.53. The van der Waals surface area contributed by atoms with Crippen LogP contribution in [0, 0.1) is 0 Å². The molecule has 0 bridgehead atoms. The molecule has 8 N–H and O–H groups in total. The molecule has 0 radical (unpaired) electrons. The Balaban J connectivity index is 1.33. The number of nitrogens with zero attached hydrogens (tertiary/aromatic N) is 7. The molecule has 2 fully saturated rings. The molecule has 5 rings (SSSR count). The second kappa shape index (κ2) is 36.8. The number of carbonyl (C=O) groups excluding carboxylic acids is 9. The first-order chi connectivity index (χ1) is 40.5. The fraction of sp³-hybridized carbons (Fsp3) is 0.569. The highest BCUT2D eigenvalue weighted by molar-refractivity contribution is 7.80. The molecule has 1 aromatic carbocycles. The van der Waals surface area contributed by atoms with Crippen LogP contribution in [0.15, 0.2) is 82.5 Å². The van der Waals surface area contributed by atoms with Crippen molar-refractivity contribution >= 4 is 77.4 Å². The van der Waals surface area contributed by atoms with Gasteiger partial charge in [-0.05, 0) is 119 Å². The number of nitrogens with one attached hydrogen (secondary N) is 2. The second-order valence-electron chi connectivity index (χ2n) is 21.0. The molecule has 1 saturated carbocycles. The number of benzene rings is 1. The van der Waals surface area contributed by atoms with E-state index in [1.54, 1.807) is 29.2 Å². The predicted molar refractivity (Wildman–Crippen MR) is 317 cm³/mol. The average Bonchev–Trinajstić information content (AvgIpc) is 4.50. The monoisotopic (exact) mass is 1210 g/mol. The van der Waals surface area contributed by atoms with Crippen molar-refractivity contribution in [2.75, 3.05) is 111 Å². The molecule has 2 unspecified atom stereocenters. The number of thiol groups is 1. The highest BCUT2D eigenvalue weighted by atomic mass is 35.5. The van der Waals surface area contributed by atoms with Gasteiger partial charge in [0.15, 0.2) is 0 Å². The Hall–Kier alpha value is -6.77. The summed E-state index contributed by atoms with van der Waals surface area (Å²) in [4.78, 5) is 135. The number of ether oxygens (including phenoxy) is 1. The van der Waals surface area contributed by atoms with E-state index in [0.717, 1.165) is 37.7 Å². The second-order valence-corrected chi connectivity index (χ2v) is 21.8. The summed E-state index contributed by atoms with van der Waals surface area (Å²) in [7, 11) is 0. The van der Waals surface area contributed by atoms with Gasteiger partial charge in [-0.3, -0.25) is 43.2 Å². The number of unbranched alkanes of at least 4 members (excludes halogenated alkanes) is 2. The zero-order valence-electron chi connectivity index (χ0n) is 48.1. The number of furan rings is 2. The molecule has 26 heteroatoms. The minimum atomic E-state index is -1.08. The van der Waals surface area contributed by atoms with Crippen LogP contribution < -0.4 is 27.8 Å². The Labute approximate surface area is 502 Å². The van der Waals surface area contributed by atoms with Crippen molar-refractivity contribution in [2.24, 2.45) is 17.2 Å². The number of rotatable bonds is 39. The molecule has 462 valence electrons. The normalized spacial score (nSPS) is 14.3. The van der Waals surface area contributed by atoms with Crippen LogP contribution in [0.3, 0.4) is 0 Å². The van der Waals surface area contributed by atoms with Gasteiger partial charge in [-0.25, -0.2) is 0 Å². The molecule has 9 amide bonds. The van der Waals surface area contributed by atoms with Gasteiger partial charge in [0.05, 0.1) is 57.9 Å². The summed E-state index contributed by atoms with van der Waals surface area (Å²) in [5.74, 6) is -4.77. The van der Waals surface area contributed by atoms with Crippen molar-refractivity contribution in [2.45, 2.75) is 102 Å². The quantitative estimate of drug-likeness (QED) is 0.0268. The SMILES string of the molecule is C=CCN(CC(=O)N(CC(=O)N(CCCCN)CC(=O)N(CCCCN)CC(=O)NC(CS)C(N)=O)Cc1ccco1)C(=O)CN(Cc1ccco1)C(=O)CN(CC1CCCO1)C(=O)CN(C(=O)CNCCc1ccc(Cl)cc1)C1CCCC1. The van der Waals surface area contributed by atoms with Crippen LogP contribution in [-0.4, -0.2) is 216 Å². The van der Waals surface area contributed by atoms with Crippen molar-refractivity contribution in [3.63, 3.8) is 0 Å². The summed E-state index contributed by atoms with van der Waals surface area (Å²) >= 11 is 10.1. The molecule has 2 aromatic heterocycles. The molecule has 1 aliphatic carbocycles. The minimum Gasteiger partial charge on any atom is -0.467 e. The molecule has 0 spiro atoms. The van der Waals surface area contributed by atoms with Crippen LogP contribution in [0.5, 0.6) is 0 Å². The number of nitrogens with two attached hydrogens (primary N) is 3. The van der Waals surface area contributed by atoms with Crippen molar-refractivity contribution in [1.82, 2.24) is 44.9 Å². The Bertz CT molecular complexity index is 2570. The van der Waals surface area contributed by atoms with E-state index in [4.69, 9.17) is 42.4 Å². The number of hydrogen-bond donors (Lipinski definition) is 6. The van der Waals surface area contributed by atoms with Gasteiger partial charge in [0.25, 0.3) is 0 Å². The minimum absolute atomic E-state index is 0.00834. The Morgan fingerprint density at radius 1 is 0.655 bits per heavy atom. The van der Waals surface area contributed by atoms with E-state index in [0.29, 0.717) is 81.3 Å². The maximum absolute atomic E-state index is 14.7. The van der Waals surface area contributed by atoms with Crippen LogP contribution >= 0.6 is 24.2 Å². The van der Waals surface area contributed by atoms with Crippen molar-refractivity contribution < 1.29 is 56.7 Å². The molecule has 1 saturated heterocycles. The van der Waals surface area contributed by atoms with E-state index in [9.17, 15) is 43.2 Å². The van der Waals surface area contributed by atoms with Gasteiger partial charge in [0.2, 0.25) is 53.2 Å². The summed E-state index contributed by atoms with van der Waals surface area (Å²) < 4.78 is 17.2. The summed E-state index contributed by atoms with van der Waals surface area (Å²) in [6.07, 6.45) is 11.1. The Morgan fingerprint density at radius 3 is 1.69 bits per heavy atom. The van der Waals surface area contributed by atoms with Crippen LogP contribution in [0.4, 0.5) is 0 Å². The molecule has 2 atom stereocenters. The largest absolute Gasteiger partial charge is 0.467 e. The number of amides is 9. The fourth-order valence-electron chi connectivity index (χ4n) is 9.82. The fourth-order valence-corrected chi connectivity index (χ4v) is 10.2. The first-order valence-corrected chi connectivity index (χ1v) is 29.8. The van der Waals surface area contributed by atoms with Gasteiger partial charge < -0.3 is 75.7 Å². The van der Waals surface area contributed by atoms with E-state index in [-0.39, 0.29) is 76.2 Å². The molecule has 1 aliphatic heterocycles. The maximum atomic E-state index is 14.7. The third kappa shape index (κ3) is 23.4. The van der Waals surface area contributed by atoms with E-state index < -0.39 is 92.6 Å². The first kappa shape index (κ1) is 68.0. The summed E-state index contributed by atoms with van der Waals surface area (Å²) in [6, 6.07) is 12.7. The van der Waals surface area contributed by atoms with Crippen molar-refractivity contribution in [1.29, 1.82) is 0 Å². The Morgan fingerprint density at radius 2 is 1.18 bits per heavy atom. The Kier molecular flexibility index (Phi) is 29.8. The van der Waals surface area contributed by atoms with Crippen LogP contribution in [0.25, 0.3) is 0 Å². The van der Waals surface area contributed by atoms with E-state index >= 15 is 0 Å². The third-order valence-electron chi connectivity index (χ3n) is 14.5. The van der Waals surface area contributed by atoms with Crippen LogP contribution in [-0.2, 0) is 67.4 Å². The lowest BCUT2D eigenvalue weighted by molar-refractivity contribution is -0.149. The number of carbonyl (C=O) groups is 9. The van der Waals surface area contributed by atoms with E-state index in [1.807, 2.05) is 24.3 Å². The van der Waals surface area contributed by atoms with Gasteiger partial charge in [0, 0.05) is 49.6 Å². The molecular weight excluding hydrogens is 1120 g/mol. The van der Waals surface area contributed by atoms with Crippen LogP contribution in [0.1, 0.15) is 81.3 Å². The third-order valence-corrected chi connectivity index (χ3v) is 15.1. The highest BCUT2D eigenvalue weighted by Crippen LogP contribution is 2.24. The number of halogens is 1. The lowest BCUT2D eigenvalue weighted by Gasteiger charge is -2.33. The van der Waals surface area contributed by atoms with Crippen molar-refractivity contribution in [3.8, 4) is 0 Å². The molecule has 24 nitrogen and oxygen atoms in total. The van der Waals surface area contributed by atoms with Gasteiger partial charge >= 0.3 is 0 Å². The van der Waals surface area contributed by atoms with Crippen LogP contribution in [0.2, 0.25) is 5.02 Å². The molecule has 2 aliphatic rings. The number of hydrogen-bond acceptors (Lipinski definition) is 16. The molecule has 3 aromatic rings. The van der Waals surface area contributed by atoms with E-state index in [2.05, 4.69) is 29.8 Å². The van der Waals surface area contributed by atoms with Gasteiger partial charge in [-0.15, -0.1) is 6.58 Å². The summed E-state index contributed by atoms with van der Waals surface area (Å²) in [5, 5.41) is 6.34. The van der Waals surface area contributed by atoms with Gasteiger partial charge in [-0.1, -0.05) is 42.7 Å². The zero-order valence-corrected chi connectivity index (χ0v) is 49.7. The lowest BCUT2D eigenvalue weighted by atomic mass is 10.1. The van der Waals surface area contributed by atoms with Gasteiger partial charge in [-0.2, -0.15) is 12.6 Å². The maximum Gasteiger partial charge on any atom is 0.243 e. The number of primary amides is 1. The standard InChI is InChI=1S/C58H85ClN12O12S/c1-2-25-65(37-55(77)68(32-46-14-9-28-81-46)39-54(76)67(27-8-6-23-61)36-52(74)66(26-7-5-22-60)35-50(72)64-49(42-84)58(62)80)53(75)38-69(33-47-15-10-29-82-47)56(78)40-70(34-48-16-11-30-83-48)57(79)41-71(45-12-3-4-13-45)51(73)31-63-24-21-43-17-19-44(59)20-18-43/h2,9-10,14-15,17-20,28-29,45,48-49,63,84H,1,3-8,11-13,16,21-27,30-42,60-61H2,(H2,62,80)(H,64,72). The average molecular weight is 1210 g/mol. The van der Waals surface area contributed by atoms with Gasteiger partial charge in [0.1, 0.15) is 43.7 Å². The van der Waals surface area contributed by atoms with E-state index in [1.165, 1.54) is 48.0 Å². The zero-order chi connectivity index (χ0) is 60.8.